The Labute approximate surface area is 129 Å². The summed E-state index contributed by atoms with van der Waals surface area (Å²) < 4.78 is 5.69. The van der Waals surface area contributed by atoms with Crippen LogP contribution in [0.1, 0.15) is 24.6 Å². The molecule has 4 rings (SSSR count). The second-order valence-corrected chi connectivity index (χ2v) is 7.00. The molecule has 0 aliphatic carbocycles. The van der Waals surface area contributed by atoms with Crippen LogP contribution in [0.3, 0.4) is 0 Å². The Hall–Kier alpha value is -1.17. The normalized spacial score (nSPS) is 30.7. The highest BCUT2D eigenvalue weighted by molar-refractivity contribution is 7.10. The van der Waals surface area contributed by atoms with Crippen molar-refractivity contribution in [2.75, 3.05) is 19.6 Å². The minimum absolute atomic E-state index is 0.106. The molecule has 2 atom stereocenters. The highest BCUT2D eigenvalue weighted by atomic mass is 32.1. The first kappa shape index (κ1) is 14.8. The van der Waals surface area contributed by atoms with Gasteiger partial charge in [-0.25, -0.2) is 4.79 Å². The van der Waals surface area contributed by atoms with Crippen molar-refractivity contribution in [2.24, 2.45) is 5.92 Å². The second kappa shape index (κ2) is 5.55. The van der Waals surface area contributed by atoms with Crippen molar-refractivity contribution in [3.05, 3.63) is 34.5 Å². The summed E-state index contributed by atoms with van der Waals surface area (Å²) in [6.07, 6.45) is 2.04. The number of carbonyl (C=O) groups excluding carboxylic acids is 1. The largest absolute Gasteiger partial charge is 0.458 e. The van der Waals surface area contributed by atoms with Crippen LogP contribution < -0.4 is 0 Å². The molecule has 0 amide bonds. The molecule has 0 spiro atoms. The number of nitrogens with zero attached hydrogens (tertiary/aromatic N) is 1. The maximum absolute atomic E-state index is 12.6. The number of thiophene rings is 1. The monoisotopic (exact) mass is 307 g/mol. The molecule has 2 bridgehead atoms. The third kappa shape index (κ3) is 2.54. The summed E-state index contributed by atoms with van der Waals surface area (Å²) in [6, 6.07) is 3.56. The van der Waals surface area contributed by atoms with Crippen molar-refractivity contribution >= 4 is 17.3 Å². The van der Waals surface area contributed by atoms with Gasteiger partial charge in [-0.05, 0) is 55.8 Å². The number of hydrogen-bond donors (Lipinski definition) is 1. The van der Waals surface area contributed by atoms with Crippen LogP contribution in [-0.4, -0.2) is 41.7 Å². The zero-order chi connectivity index (χ0) is 15.0. The molecule has 3 aliphatic heterocycles. The molecule has 4 heterocycles. The topological polar surface area (TPSA) is 49.8 Å². The molecule has 3 fully saturated rings. The van der Waals surface area contributed by atoms with Crippen LogP contribution in [0, 0.1) is 5.92 Å². The standard InChI is InChI=1S/C16H21NO3S/c1-11(2)16(19,14-4-3-9-21-14)15(18)20-13-10-17-7-5-12(13)6-8-17/h3-4,9,12-13,19H,1,5-8,10H2,2H3/t13-,16+/m0/s1. The molecule has 0 unspecified atom stereocenters. The van der Waals surface area contributed by atoms with Crippen LogP contribution in [0.25, 0.3) is 0 Å². The summed E-state index contributed by atoms with van der Waals surface area (Å²) in [6.45, 7) is 8.42. The number of rotatable bonds is 4. The van der Waals surface area contributed by atoms with E-state index in [1.54, 1.807) is 13.0 Å². The van der Waals surface area contributed by atoms with E-state index < -0.39 is 11.6 Å². The summed E-state index contributed by atoms with van der Waals surface area (Å²) in [5.74, 6) is -0.159. The smallest absolute Gasteiger partial charge is 0.348 e. The van der Waals surface area contributed by atoms with Gasteiger partial charge in [-0.15, -0.1) is 11.3 Å². The van der Waals surface area contributed by atoms with E-state index in [-0.39, 0.29) is 6.10 Å². The van der Waals surface area contributed by atoms with Crippen LogP contribution in [0.2, 0.25) is 0 Å². The Morgan fingerprint density at radius 1 is 1.52 bits per heavy atom. The zero-order valence-corrected chi connectivity index (χ0v) is 13.1. The third-order valence-corrected chi connectivity index (χ3v) is 5.62. The van der Waals surface area contributed by atoms with Gasteiger partial charge in [-0.1, -0.05) is 12.6 Å². The Kier molecular flexibility index (Phi) is 3.90. The maximum atomic E-state index is 12.6. The lowest BCUT2D eigenvalue weighted by Gasteiger charge is -2.44. The molecular weight excluding hydrogens is 286 g/mol. The Balaban J connectivity index is 1.78. The fourth-order valence-electron chi connectivity index (χ4n) is 3.24. The quantitative estimate of drug-likeness (QED) is 0.684. The van der Waals surface area contributed by atoms with Gasteiger partial charge in [0.15, 0.2) is 0 Å². The number of ether oxygens (including phenoxy) is 1. The predicted octanol–water partition coefficient (Wildman–Crippen LogP) is 2.15. The van der Waals surface area contributed by atoms with E-state index in [1.165, 1.54) is 11.3 Å². The van der Waals surface area contributed by atoms with Crippen LogP contribution in [0.5, 0.6) is 0 Å². The summed E-state index contributed by atoms with van der Waals surface area (Å²) in [5, 5.41) is 12.7. The first-order chi connectivity index (χ1) is 10.0. The van der Waals surface area contributed by atoms with Gasteiger partial charge in [0, 0.05) is 6.54 Å². The lowest BCUT2D eigenvalue weighted by molar-refractivity contribution is -0.177. The van der Waals surface area contributed by atoms with E-state index in [9.17, 15) is 9.90 Å². The van der Waals surface area contributed by atoms with Crippen LogP contribution >= 0.6 is 11.3 Å². The molecule has 1 aromatic rings. The molecule has 1 N–H and O–H groups in total. The highest BCUT2D eigenvalue weighted by Gasteiger charge is 2.45. The molecule has 0 saturated carbocycles. The first-order valence-electron chi connectivity index (χ1n) is 7.37. The SMILES string of the molecule is C=C(C)[C@](O)(C(=O)O[C@H]1CN2CCC1CC2)c1cccs1. The Morgan fingerprint density at radius 2 is 2.24 bits per heavy atom. The third-order valence-electron chi connectivity index (χ3n) is 4.65. The van der Waals surface area contributed by atoms with E-state index in [0.29, 0.717) is 16.4 Å². The van der Waals surface area contributed by atoms with E-state index in [1.807, 2.05) is 11.4 Å². The Bertz CT molecular complexity index is 534. The molecule has 4 nitrogen and oxygen atoms in total. The minimum Gasteiger partial charge on any atom is -0.458 e. The number of aliphatic hydroxyl groups is 1. The van der Waals surface area contributed by atoms with Gasteiger partial charge in [0.05, 0.1) is 4.88 Å². The lowest BCUT2D eigenvalue weighted by Crippen LogP contribution is -2.53. The fourth-order valence-corrected chi connectivity index (χ4v) is 4.13. The van der Waals surface area contributed by atoms with Crippen molar-refractivity contribution in [2.45, 2.75) is 31.5 Å². The molecule has 21 heavy (non-hydrogen) atoms. The van der Waals surface area contributed by atoms with Crippen molar-refractivity contribution in [3.8, 4) is 0 Å². The van der Waals surface area contributed by atoms with Gasteiger partial charge in [-0.3, -0.25) is 4.90 Å². The van der Waals surface area contributed by atoms with Crippen molar-refractivity contribution in [1.82, 2.24) is 4.90 Å². The highest BCUT2D eigenvalue weighted by Crippen LogP contribution is 2.36. The van der Waals surface area contributed by atoms with Gasteiger partial charge in [0.1, 0.15) is 6.10 Å². The summed E-state index contributed by atoms with van der Waals surface area (Å²) in [4.78, 5) is 15.5. The first-order valence-corrected chi connectivity index (χ1v) is 8.25. The molecule has 0 radical (unpaired) electrons. The van der Waals surface area contributed by atoms with Crippen molar-refractivity contribution < 1.29 is 14.6 Å². The minimum atomic E-state index is -1.72. The van der Waals surface area contributed by atoms with Gasteiger partial charge < -0.3 is 9.84 Å². The van der Waals surface area contributed by atoms with Crippen LogP contribution in [-0.2, 0) is 15.1 Å². The molecule has 5 heteroatoms. The maximum Gasteiger partial charge on any atom is 0.348 e. The van der Waals surface area contributed by atoms with Crippen molar-refractivity contribution in [1.29, 1.82) is 0 Å². The molecule has 3 aliphatic rings. The average molecular weight is 307 g/mol. The number of hydrogen-bond acceptors (Lipinski definition) is 5. The van der Waals surface area contributed by atoms with E-state index in [2.05, 4.69) is 11.5 Å². The summed E-state index contributed by atoms with van der Waals surface area (Å²) in [5.41, 5.74) is -1.32. The van der Waals surface area contributed by atoms with E-state index in [4.69, 9.17) is 4.74 Å². The van der Waals surface area contributed by atoms with E-state index >= 15 is 0 Å². The van der Waals surface area contributed by atoms with Gasteiger partial charge in [0.2, 0.25) is 5.60 Å². The van der Waals surface area contributed by atoms with Crippen LogP contribution in [0.15, 0.2) is 29.7 Å². The molecule has 1 aromatic heterocycles. The molecule has 3 saturated heterocycles. The van der Waals surface area contributed by atoms with Crippen LogP contribution in [0.4, 0.5) is 0 Å². The number of fused-ring (bicyclic) bond motifs is 3. The van der Waals surface area contributed by atoms with E-state index in [0.717, 1.165) is 32.5 Å². The van der Waals surface area contributed by atoms with Gasteiger partial charge in [0.25, 0.3) is 0 Å². The van der Waals surface area contributed by atoms with Gasteiger partial charge in [-0.2, -0.15) is 0 Å². The molecule has 114 valence electrons. The molecular formula is C16H21NO3S. The summed E-state index contributed by atoms with van der Waals surface area (Å²) >= 11 is 1.34. The zero-order valence-electron chi connectivity index (χ0n) is 12.2. The summed E-state index contributed by atoms with van der Waals surface area (Å²) in [7, 11) is 0. The lowest BCUT2D eigenvalue weighted by atomic mass is 9.85. The average Bonchev–Trinajstić information content (AvgIpc) is 3.02. The predicted molar refractivity (Wildman–Crippen MR) is 82.1 cm³/mol. The Morgan fingerprint density at radius 3 is 2.71 bits per heavy atom. The number of carbonyl (C=O) groups is 1. The second-order valence-electron chi connectivity index (χ2n) is 6.05. The molecule has 0 aromatic carbocycles. The number of piperidine rings is 3. The fraction of sp³-hybridized carbons (Fsp3) is 0.562. The van der Waals surface area contributed by atoms with Gasteiger partial charge >= 0.3 is 5.97 Å². The van der Waals surface area contributed by atoms with Crippen molar-refractivity contribution in [3.63, 3.8) is 0 Å². The number of esters is 1.